The summed E-state index contributed by atoms with van der Waals surface area (Å²) in [6.45, 7) is 6.14. The monoisotopic (exact) mass is 498 g/mol. The predicted molar refractivity (Wildman–Crippen MR) is 138 cm³/mol. The molecule has 1 aromatic carbocycles. The number of aryl methyl sites for hydroxylation is 3. The molecule has 0 bridgehead atoms. The van der Waals surface area contributed by atoms with Crippen molar-refractivity contribution >= 4 is 45.1 Å². The van der Waals surface area contributed by atoms with Crippen molar-refractivity contribution in [2.75, 3.05) is 6.54 Å². The third-order valence-electron chi connectivity index (χ3n) is 6.12. The number of thioether (sulfide) groups is 1. The molecule has 1 aliphatic rings. The van der Waals surface area contributed by atoms with Crippen LogP contribution in [0.2, 0.25) is 0 Å². The molecule has 180 valence electrons. The highest BCUT2D eigenvalue weighted by molar-refractivity contribution is 7.98. The lowest BCUT2D eigenvalue weighted by molar-refractivity contribution is -0.121. The van der Waals surface area contributed by atoms with E-state index in [4.69, 9.17) is 0 Å². The van der Waals surface area contributed by atoms with E-state index in [1.54, 1.807) is 18.7 Å². The lowest BCUT2D eigenvalue weighted by Gasteiger charge is -2.11. The Morgan fingerprint density at radius 3 is 2.74 bits per heavy atom. The van der Waals surface area contributed by atoms with E-state index in [0.29, 0.717) is 32.2 Å². The summed E-state index contributed by atoms with van der Waals surface area (Å²) < 4.78 is 0. The van der Waals surface area contributed by atoms with Gasteiger partial charge in [0.15, 0.2) is 0 Å². The Morgan fingerprint density at radius 1 is 1.21 bits per heavy atom. The summed E-state index contributed by atoms with van der Waals surface area (Å²) in [5.41, 5.74) is 2.76. The minimum atomic E-state index is -0.278. The smallest absolute Gasteiger partial charge is 0.261 e. The average Bonchev–Trinajstić information content (AvgIpc) is 3.42. The first-order valence-corrected chi connectivity index (χ1v) is 13.4. The number of rotatable bonds is 8. The Labute approximate surface area is 207 Å². The minimum Gasteiger partial charge on any atom is -0.353 e. The first kappa shape index (κ1) is 24.5. The highest BCUT2D eigenvalue weighted by Crippen LogP contribution is 2.29. The fourth-order valence-corrected chi connectivity index (χ4v) is 6.33. The molecule has 0 unspecified atom stereocenters. The van der Waals surface area contributed by atoms with E-state index in [1.165, 1.54) is 22.5 Å². The van der Waals surface area contributed by atoms with Gasteiger partial charge in [-0.25, -0.2) is 4.98 Å². The lowest BCUT2D eigenvalue weighted by atomic mass is 10.2. The molecule has 0 saturated heterocycles. The van der Waals surface area contributed by atoms with Crippen LogP contribution in [0.4, 0.5) is 0 Å². The molecule has 3 aromatic rings. The summed E-state index contributed by atoms with van der Waals surface area (Å²) >= 11 is 2.85. The van der Waals surface area contributed by atoms with Crippen LogP contribution in [0.5, 0.6) is 0 Å². The highest BCUT2D eigenvalue weighted by atomic mass is 32.2. The van der Waals surface area contributed by atoms with Gasteiger partial charge in [-0.2, -0.15) is 0 Å². The van der Waals surface area contributed by atoms with Gasteiger partial charge in [0.05, 0.1) is 16.0 Å². The molecule has 9 heteroatoms. The van der Waals surface area contributed by atoms with Crippen LogP contribution in [0, 0.1) is 20.8 Å². The molecular formula is C25H30N4O3S2. The van der Waals surface area contributed by atoms with Crippen molar-refractivity contribution < 1.29 is 9.59 Å². The van der Waals surface area contributed by atoms with Crippen LogP contribution in [0.1, 0.15) is 64.3 Å². The molecule has 3 N–H and O–H groups in total. The summed E-state index contributed by atoms with van der Waals surface area (Å²) in [5, 5.41) is 6.29. The average molecular weight is 499 g/mol. The number of nitrogens with zero attached hydrogens (tertiary/aromatic N) is 1. The maximum Gasteiger partial charge on any atom is 0.261 e. The number of amides is 2. The van der Waals surface area contributed by atoms with E-state index >= 15 is 0 Å². The summed E-state index contributed by atoms with van der Waals surface area (Å²) in [6, 6.07) is 6.56. The number of hydrogen-bond acceptors (Lipinski definition) is 6. The van der Waals surface area contributed by atoms with Crippen molar-refractivity contribution in [3.8, 4) is 0 Å². The largest absolute Gasteiger partial charge is 0.353 e. The van der Waals surface area contributed by atoms with Gasteiger partial charge in [-0.15, -0.1) is 23.1 Å². The number of carbonyl (C=O) groups is 2. The van der Waals surface area contributed by atoms with Gasteiger partial charge in [0.2, 0.25) is 5.91 Å². The van der Waals surface area contributed by atoms with Crippen molar-refractivity contribution in [1.82, 2.24) is 20.6 Å². The van der Waals surface area contributed by atoms with E-state index in [-0.39, 0.29) is 36.4 Å². The molecular weight excluding hydrogens is 468 g/mol. The van der Waals surface area contributed by atoms with E-state index in [0.717, 1.165) is 30.6 Å². The van der Waals surface area contributed by atoms with E-state index in [1.807, 2.05) is 0 Å². The Balaban J connectivity index is 1.41. The van der Waals surface area contributed by atoms with Crippen LogP contribution in [0.15, 0.2) is 27.9 Å². The normalized spacial score (nSPS) is 14.0. The number of benzene rings is 1. The number of carbonyl (C=O) groups excluding carboxylic acids is 2. The predicted octanol–water partition coefficient (Wildman–Crippen LogP) is 4.38. The molecule has 7 nitrogen and oxygen atoms in total. The van der Waals surface area contributed by atoms with Crippen LogP contribution in [0.3, 0.4) is 0 Å². The number of hydrogen-bond donors (Lipinski definition) is 3. The molecule has 0 aliphatic heterocycles. The van der Waals surface area contributed by atoms with Gasteiger partial charge in [0.25, 0.3) is 11.5 Å². The lowest BCUT2D eigenvalue weighted by Crippen LogP contribution is -2.35. The number of H-pyrrole nitrogens is 1. The molecule has 34 heavy (non-hydrogen) atoms. The van der Waals surface area contributed by atoms with Crippen LogP contribution < -0.4 is 16.2 Å². The SMILES string of the molecule is Cc1ccc(C)c(SCc2nc3sc(C(=O)NCCC(=O)NC4CCCC4)c(C)c3c(=O)[nH]2)c1. The second-order valence-electron chi connectivity index (χ2n) is 8.86. The molecule has 0 radical (unpaired) electrons. The van der Waals surface area contributed by atoms with Crippen molar-refractivity contribution in [2.45, 2.75) is 69.6 Å². The van der Waals surface area contributed by atoms with Gasteiger partial charge < -0.3 is 15.6 Å². The number of aromatic nitrogens is 2. The van der Waals surface area contributed by atoms with Crippen LogP contribution in [0.25, 0.3) is 10.2 Å². The fourth-order valence-electron chi connectivity index (χ4n) is 4.22. The zero-order valence-electron chi connectivity index (χ0n) is 19.7. The summed E-state index contributed by atoms with van der Waals surface area (Å²) in [6.07, 6.45) is 4.63. The van der Waals surface area contributed by atoms with Crippen LogP contribution >= 0.6 is 23.1 Å². The number of thiophene rings is 1. The van der Waals surface area contributed by atoms with Gasteiger partial charge in [0.1, 0.15) is 10.7 Å². The summed E-state index contributed by atoms with van der Waals surface area (Å²) in [4.78, 5) is 47.3. The number of fused-ring (bicyclic) bond motifs is 1. The summed E-state index contributed by atoms with van der Waals surface area (Å²) in [7, 11) is 0. The zero-order valence-corrected chi connectivity index (χ0v) is 21.4. The van der Waals surface area contributed by atoms with Crippen molar-refractivity contribution in [3.05, 3.63) is 55.9 Å². The number of nitrogens with one attached hydrogen (secondary N) is 3. The maximum absolute atomic E-state index is 12.8. The van der Waals surface area contributed by atoms with Gasteiger partial charge in [-0.05, 0) is 50.8 Å². The Morgan fingerprint density at radius 2 is 1.97 bits per heavy atom. The van der Waals surface area contributed by atoms with Crippen molar-refractivity contribution in [2.24, 2.45) is 0 Å². The highest BCUT2D eigenvalue weighted by Gasteiger charge is 2.20. The standard InChI is InChI=1S/C25H30N4O3S2/c1-14-8-9-15(2)18(12-14)33-13-19-28-23(31)21-16(3)22(34-25(21)29-19)24(32)26-11-10-20(30)27-17-6-4-5-7-17/h8-9,12,17H,4-7,10-11,13H2,1-3H3,(H,26,32)(H,27,30)(H,28,29,31). The molecule has 1 aliphatic carbocycles. The number of aromatic amines is 1. The molecule has 2 aromatic heterocycles. The fraction of sp³-hybridized carbons (Fsp3) is 0.440. The van der Waals surface area contributed by atoms with Gasteiger partial charge in [-0.1, -0.05) is 30.5 Å². The Kier molecular flexibility index (Phi) is 7.73. The Hall–Kier alpha value is -2.65. The minimum absolute atomic E-state index is 0.0376. The zero-order chi connectivity index (χ0) is 24.2. The van der Waals surface area contributed by atoms with Crippen molar-refractivity contribution in [3.63, 3.8) is 0 Å². The maximum atomic E-state index is 12.8. The molecule has 1 saturated carbocycles. The molecule has 1 fully saturated rings. The first-order valence-electron chi connectivity index (χ1n) is 11.6. The topological polar surface area (TPSA) is 104 Å². The molecule has 4 rings (SSSR count). The third-order valence-corrected chi connectivity index (χ3v) is 8.47. The summed E-state index contributed by atoms with van der Waals surface area (Å²) in [5.74, 6) is 0.800. The molecule has 2 amide bonds. The second-order valence-corrected chi connectivity index (χ2v) is 10.9. The van der Waals surface area contributed by atoms with E-state index in [9.17, 15) is 14.4 Å². The quantitative estimate of drug-likeness (QED) is 0.400. The third kappa shape index (κ3) is 5.70. The van der Waals surface area contributed by atoms with Gasteiger partial charge in [0, 0.05) is 23.9 Å². The molecule has 0 spiro atoms. The molecule has 0 atom stereocenters. The molecule has 2 heterocycles. The van der Waals surface area contributed by atoms with E-state index < -0.39 is 0 Å². The van der Waals surface area contributed by atoms with E-state index in [2.05, 4.69) is 52.6 Å². The first-order chi connectivity index (χ1) is 16.3. The van der Waals surface area contributed by atoms with Gasteiger partial charge >= 0.3 is 0 Å². The van der Waals surface area contributed by atoms with Gasteiger partial charge in [-0.3, -0.25) is 14.4 Å². The van der Waals surface area contributed by atoms with Crippen LogP contribution in [-0.4, -0.2) is 34.4 Å². The second kappa shape index (κ2) is 10.7. The van der Waals surface area contributed by atoms with Crippen molar-refractivity contribution in [1.29, 1.82) is 0 Å². The Bertz CT molecular complexity index is 1280. The van der Waals surface area contributed by atoms with Crippen LogP contribution in [-0.2, 0) is 10.5 Å².